The van der Waals surface area contributed by atoms with Crippen molar-refractivity contribution >= 4 is 17.5 Å². The summed E-state index contributed by atoms with van der Waals surface area (Å²) >= 11 is 1.74. The molecule has 0 heterocycles. The Morgan fingerprint density at radius 3 is 2.57 bits per heavy atom. The summed E-state index contributed by atoms with van der Waals surface area (Å²) in [7, 11) is 0. The van der Waals surface area contributed by atoms with Crippen LogP contribution in [0.15, 0.2) is 23.1 Å². The van der Waals surface area contributed by atoms with E-state index in [-0.39, 0.29) is 5.78 Å². The number of aryl methyl sites for hydroxylation is 1. The molecule has 1 aromatic rings. The van der Waals surface area contributed by atoms with E-state index in [4.69, 9.17) is 0 Å². The number of thioether (sulfide) groups is 1. The highest BCUT2D eigenvalue weighted by molar-refractivity contribution is 7.98. The van der Waals surface area contributed by atoms with Crippen molar-refractivity contribution < 1.29 is 4.79 Å². The van der Waals surface area contributed by atoms with Crippen molar-refractivity contribution in [2.75, 3.05) is 6.26 Å². The summed E-state index contributed by atoms with van der Waals surface area (Å²) in [6, 6.07) is 6.00. The molecule has 0 amide bonds. The van der Waals surface area contributed by atoms with E-state index >= 15 is 0 Å². The van der Waals surface area contributed by atoms with Gasteiger partial charge in [0.25, 0.3) is 0 Å². The van der Waals surface area contributed by atoms with E-state index in [1.165, 1.54) is 10.5 Å². The molecule has 1 nitrogen and oxygen atoms in total. The molecule has 2 heteroatoms. The molecule has 0 bridgehead atoms. The Labute approximate surface area is 89.9 Å². The van der Waals surface area contributed by atoms with Gasteiger partial charge < -0.3 is 0 Å². The van der Waals surface area contributed by atoms with E-state index in [2.05, 4.69) is 13.2 Å². The second kappa shape index (κ2) is 5.20. The quantitative estimate of drug-likeness (QED) is 0.556. The molecule has 0 saturated heterocycles. The molecule has 0 radical (unpaired) electrons. The van der Waals surface area contributed by atoms with Gasteiger partial charge in [0.2, 0.25) is 0 Å². The third-order valence-electron chi connectivity index (χ3n) is 2.30. The van der Waals surface area contributed by atoms with Crippen LogP contribution in [0, 0.1) is 0 Å². The van der Waals surface area contributed by atoms with E-state index in [1.54, 1.807) is 11.8 Å². The highest BCUT2D eigenvalue weighted by atomic mass is 32.2. The zero-order valence-electron chi connectivity index (χ0n) is 8.96. The van der Waals surface area contributed by atoms with Gasteiger partial charge in [0.05, 0.1) is 0 Å². The number of rotatable bonds is 4. The van der Waals surface area contributed by atoms with Gasteiger partial charge in [0.1, 0.15) is 0 Å². The molecular formula is C12H16OS. The van der Waals surface area contributed by atoms with Crippen molar-refractivity contribution in [1.29, 1.82) is 0 Å². The van der Waals surface area contributed by atoms with E-state index < -0.39 is 0 Å². The summed E-state index contributed by atoms with van der Waals surface area (Å²) in [4.78, 5) is 12.8. The molecule has 0 atom stereocenters. The number of carbonyl (C=O) groups is 1. The van der Waals surface area contributed by atoms with Gasteiger partial charge in [-0.15, -0.1) is 11.8 Å². The fraction of sp³-hybridized carbons (Fsp3) is 0.417. The SMILES string of the molecule is CCC(=O)c1ccc(SC)c(CC)c1. The molecule has 0 aromatic heterocycles. The smallest absolute Gasteiger partial charge is 0.162 e. The van der Waals surface area contributed by atoms with Gasteiger partial charge in [-0.25, -0.2) is 0 Å². The average molecular weight is 208 g/mol. The van der Waals surface area contributed by atoms with Crippen LogP contribution in [0.4, 0.5) is 0 Å². The number of carbonyl (C=O) groups excluding carboxylic acids is 1. The Bertz CT molecular complexity index is 331. The number of hydrogen-bond donors (Lipinski definition) is 0. The van der Waals surface area contributed by atoms with Crippen LogP contribution in [0.25, 0.3) is 0 Å². The van der Waals surface area contributed by atoms with Gasteiger partial charge in [-0.1, -0.05) is 19.9 Å². The van der Waals surface area contributed by atoms with Crippen LogP contribution in [-0.2, 0) is 6.42 Å². The summed E-state index contributed by atoms with van der Waals surface area (Å²) in [5, 5.41) is 0. The van der Waals surface area contributed by atoms with Gasteiger partial charge in [0, 0.05) is 16.9 Å². The van der Waals surface area contributed by atoms with Crippen LogP contribution in [-0.4, -0.2) is 12.0 Å². The molecule has 0 N–H and O–H groups in total. The molecule has 0 saturated carbocycles. The fourth-order valence-electron chi connectivity index (χ4n) is 1.43. The number of hydrogen-bond acceptors (Lipinski definition) is 2. The maximum absolute atomic E-state index is 11.5. The zero-order valence-corrected chi connectivity index (χ0v) is 9.78. The lowest BCUT2D eigenvalue weighted by atomic mass is 10.0. The van der Waals surface area contributed by atoms with Crippen LogP contribution in [0.2, 0.25) is 0 Å². The first kappa shape index (κ1) is 11.3. The van der Waals surface area contributed by atoms with E-state index in [1.807, 2.05) is 25.1 Å². The second-order valence-electron chi connectivity index (χ2n) is 3.16. The predicted octanol–water partition coefficient (Wildman–Crippen LogP) is 3.56. The van der Waals surface area contributed by atoms with Crippen molar-refractivity contribution in [3.8, 4) is 0 Å². The summed E-state index contributed by atoms with van der Waals surface area (Å²) < 4.78 is 0. The molecule has 0 aliphatic rings. The Morgan fingerprint density at radius 1 is 1.36 bits per heavy atom. The Morgan fingerprint density at radius 2 is 2.07 bits per heavy atom. The molecule has 76 valence electrons. The molecule has 1 aromatic carbocycles. The van der Waals surface area contributed by atoms with Crippen LogP contribution in [0.3, 0.4) is 0 Å². The van der Waals surface area contributed by atoms with Crippen LogP contribution in [0.5, 0.6) is 0 Å². The number of Topliss-reactive ketones (excluding diaryl/α,β-unsaturated/α-hetero) is 1. The lowest BCUT2D eigenvalue weighted by Crippen LogP contribution is -1.98. The Kier molecular flexibility index (Phi) is 4.21. The first-order chi connectivity index (χ1) is 6.72. The molecule has 14 heavy (non-hydrogen) atoms. The maximum Gasteiger partial charge on any atom is 0.162 e. The monoisotopic (exact) mass is 208 g/mol. The summed E-state index contributed by atoms with van der Waals surface area (Å²) in [6.45, 7) is 4.02. The minimum absolute atomic E-state index is 0.229. The maximum atomic E-state index is 11.5. The van der Waals surface area contributed by atoms with Crippen molar-refractivity contribution in [3.63, 3.8) is 0 Å². The molecule has 0 unspecified atom stereocenters. The van der Waals surface area contributed by atoms with Crippen LogP contribution in [0.1, 0.15) is 36.2 Å². The van der Waals surface area contributed by atoms with E-state index in [0.29, 0.717) is 6.42 Å². The first-order valence-electron chi connectivity index (χ1n) is 4.93. The highest BCUT2D eigenvalue weighted by Crippen LogP contribution is 2.22. The lowest BCUT2D eigenvalue weighted by molar-refractivity contribution is 0.0988. The van der Waals surface area contributed by atoms with Crippen LogP contribution < -0.4 is 0 Å². The normalized spacial score (nSPS) is 10.2. The molecule has 0 aliphatic heterocycles. The van der Waals surface area contributed by atoms with Gasteiger partial charge in [0.15, 0.2) is 5.78 Å². The molecule has 0 aliphatic carbocycles. The summed E-state index contributed by atoms with van der Waals surface area (Å²) in [5.41, 5.74) is 2.12. The van der Waals surface area contributed by atoms with Crippen molar-refractivity contribution in [1.82, 2.24) is 0 Å². The minimum Gasteiger partial charge on any atom is -0.294 e. The molecular weight excluding hydrogens is 192 g/mol. The minimum atomic E-state index is 0.229. The molecule has 0 fully saturated rings. The Hall–Kier alpha value is -0.760. The average Bonchev–Trinajstić information content (AvgIpc) is 2.26. The number of benzene rings is 1. The molecule has 1 rings (SSSR count). The zero-order chi connectivity index (χ0) is 10.6. The van der Waals surface area contributed by atoms with E-state index in [0.717, 1.165) is 12.0 Å². The van der Waals surface area contributed by atoms with Gasteiger partial charge in [-0.3, -0.25) is 4.79 Å². The van der Waals surface area contributed by atoms with Gasteiger partial charge in [-0.2, -0.15) is 0 Å². The second-order valence-corrected chi connectivity index (χ2v) is 4.00. The number of ketones is 1. The topological polar surface area (TPSA) is 17.1 Å². The van der Waals surface area contributed by atoms with Gasteiger partial charge in [-0.05, 0) is 30.4 Å². The highest BCUT2D eigenvalue weighted by Gasteiger charge is 2.06. The summed E-state index contributed by atoms with van der Waals surface area (Å²) in [6.07, 6.45) is 3.64. The van der Waals surface area contributed by atoms with Crippen molar-refractivity contribution in [3.05, 3.63) is 29.3 Å². The molecule has 0 spiro atoms. The largest absolute Gasteiger partial charge is 0.294 e. The third-order valence-corrected chi connectivity index (χ3v) is 3.14. The fourth-order valence-corrected chi connectivity index (χ4v) is 2.10. The lowest BCUT2D eigenvalue weighted by Gasteiger charge is -2.06. The van der Waals surface area contributed by atoms with Crippen molar-refractivity contribution in [2.45, 2.75) is 31.6 Å². The van der Waals surface area contributed by atoms with Crippen LogP contribution >= 0.6 is 11.8 Å². The predicted molar refractivity (Wildman–Crippen MR) is 62.2 cm³/mol. The van der Waals surface area contributed by atoms with E-state index in [9.17, 15) is 4.79 Å². The first-order valence-corrected chi connectivity index (χ1v) is 6.15. The third kappa shape index (κ3) is 2.38. The summed E-state index contributed by atoms with van der Waals surface area (Å²) in [5.74, 6) is 0.229. The standard InChI is InChI=1S/C12H16OS/c1-4-9-8-10(11(13)5-2)6-7-12(9)14-3/h6-8H,4-5H2,1-3H3. The van der Waals surface area contributed by atoms with Crippen molar-refractivity contribution in [2.24, 2.45) is 0 Å². The Balaban J connectivity index is 3.07. The van der Waals surface area contributed by atoms with Gasteiger partial charge >= 0.3 is 0 Å².